The average Bonchev–Trinajstić information content (AvgIpc) is 2.19. The van der Waals surface area contributed by atoms with Gasteiger partial charge in [0.15, 0.2) is 0 Å². The van der Waals surface area contributed by atoms with Crippen LogP contribution < -0.4 is 5.32 Å². The molecule has 1 saturated heterocycles. The van der Waals surface area contributed by atoms with Gasteiger partial charge in [0.2, 0.25) is 0 Å². The largest absolute Gasteiger partial charge is 0.302 e. The summed E-state index contributed by atoms with van der Waals surface area (Å²) in [6.45, 7) is 3.03. The Morgan fingerprint density at radius 3 is 3.00 bits per heavy atom. The SMILES string of the molecule is Cc1cc(F)ccc1C1NCCCS1. The predicted molar refractivity (Wildman–Crippen MR) is 59.0 cm³/mol. The summed E-state index contributed by atoms with van der Waals surface area (Å²) < 4.78 is 12.9. The molecule has 1 unspecified atom stereocenters. The van der Waals surface area contributed by atoms with E-state index in [4.69, 9.17) is 0 Å². The van der Waals surface area contributed by atoms with Gasteiger partial charge in [-0.3, -0.25) is 0 Å². The van der Waals surface area contributed by atoms with E-state index in [0.29, 0.717) is 5.37 Å². The molecule has 3 heteroatoms. The van der Waals surface area contributed by atoms with Gasteiger partial charge in [-0.15, -0.1) is 11.8 Å². The third kappa shape index (κ3) is 2.10. The molecule has 0 bridgehead atoms. The summed E-state index contributed by atoms with van der Waals surface area (Å²) in [4.78, 5) is 0. The quantitative estimate of drug-likeness (QED) is 0.766. The number of hydrogen-bond donors (Lipinski definition) is 1. The molecule has 1 heterocycles. The fourth-order valence-corrected chi connectivity index (χ4v) is 2.92. The van der Waals surface area contributed by atoms with Crippen molar-refractivity contribution in [2.45, 2.75) is 18.7 Å². The first-order valence-electron chi connectivity index (χ1n) is 4.88. The number of hydrogen-bond acceptors (Lipinski definition) is 2. The molecule has 0 radical (unpaired) electrons. The number of thioether (sulfide) groups is 1. The Morgan fingerprint density at radius 2 is 2.36 bits per heavy atom. The molecule has 2 rings (SSSR count). The third-order valence-corrected chi connectivity index (χ3v) is 3.73. The first-order chi connectivity index (χ1) is 6.77. The van der Waals surface area contributed by atoms with E-state index in [1.165, 1.54) is 17.7 Å². The zero-order chi connectivity index (χ0) is 9.97. The second kappa shape index (κ2) is 4.32. The monoisotopic (exact) mass is 211 g/mol. The van der Waals surface area contributed by atoms with E-state index in [9.17, 15) is 4.39 Å². The van der Waals surface area contributed by atoms with Gasteiger partial charge in [-0.2, -0.15) is 0 Å². The molecule has 76 valence electrons. The fourth-order valence-electron chi connectivity index (χ4n) is 1.70. The zero-order valence-electron chi connectivity index (χ0n) is 8.22. The second-order valence-electron chi connectivity index (χ2n) is 3.56. The van der Waals surface area contributed by atoms with Gasteiger partial charge in [-0.25, -0.2) is 4.39 Å². The number of rotatable bonds is 1. The Kier molecular flexibility index (Phi) is 3.08. The lowest BCUT2D eigenvalue weighted by atomic mass is 10.1. The van der Waals surface area contributed by atoms with Crippen LogP contribution in [-0.4, -0.2) is 12.3 Å². The molecule has 1 aliphatic rings. The van der Waals surface area contributed by atoms with Gasteiger partial charge < -0.3 is 5.32 Å². The van der Waals surface area contributed by atoms with Gasteiger partial charge in [0, 0.05) is 0 Å². The maximum Gasteiger partial charge on any atom is 0.123 e. The first-order valence-corrected chi connectivity index (χ1v) is 5.93. The van der Waals surface area contributed by atoms with Crippen LogP contribution in [0.25, 0.3) is 0 Å². The molecule has 1 atom stereocenters. The first kappa shape index (κ1) is 9.99. The van der Waals surface area contributed by atoms with E-state index in [1.807, 2.05) is 24.8 Å². The van der Waals surface area contributed by atoms with Crippen LogP contribution in [0, 0.1) is 12.7 Å². The minimum atomic E-state index is -0.146. The van der Waals surface area contributed by atoms with Gasteiger partial charge in [-0.1, -0.05) is 6.07 Å². The van der Waals surface area contributed by atoms with Crippen molar-refractivity contribution in [3.05, 3.63) is 35.1 Å². The molecule has 1 aromatic carbocycles. The van der Waals surface area contributed by atoms with Crippen LogP contribution >= 0.6 is 11.8 Å². The van der Waals surface area contributed by atoms with E-state index >= 15 is 0 Å². The number of halogens is 1. The summed E-state index contributed by atoms with van der Waals surface area (Å²) >= 11 is 1.90. The van der Waals surface area contributed by atoms with E-state index in [-0.39, 0.29) is 5.82 Å². The molecular formula is C11H14FNS. The molecule has 1 fully saturated rings. The van der Waals surface area contributed by atoms with Crippen LogP contribution in [0.3, 0.4) is 0 Å². The average molecular weight is 211 g/mol. The van der Waals surface area contributed by atoms with Crippen LogP contribution in [0.2, 0.25) is 0 Å². The second-order valence-corrected chi connectivity index (χ2v) is 4.77. The van der Waals surface area contributed by atoms with Crippen LogP contribution in [0.4, 0.5) is 4.39 Å². The van der Waals surface area contributed by atoms with Crippen molar-refractivity contribution in [1.82, 2.24) is 5.32 Å². The molecule has 0 spiro atoms. The summed E-state index contributed by atoms with van der Waals surface area (Å²) in [6, 6.07) is 5.03. The lowest BCUT2D eigenvalue weighted by molar-refractivity contribution is 0.617. The van der Waals surface area contributed by atoms with E-state index in [0.717, 1.165) is 12.1 Å². The van der Waals surface area contributed by atoms with Gasteiger partial charge in [0.25, 0.3) is 0 Å². The van der Waals surface area contributed by atoms with Crippen molar-refractivity contribution in [1.29, 1.82) is 0 Å². The van der Waals surface area contributed by atoms with Crippen molar-refractivity contribution in [2.24, 2.45) is 0 Å². The summed E-state index contributed by atoms with van der Waals surface area (Å²) in [5, 5.41) is 3.79. The van der Waals surface area contributed by atoms with Gasteiger partial charge in [0.1, 0.15) is 5.82 Å². The van der Waals surface area contributed by atoms with E-state index < -0.39 is 0 Å². The Hall–Kier alpha value is -0.540. The molecule has 0 saturated carbocycles. The number of benzene rings is 1. The minimum Gasteiger partial charge on any atom is -0.302 e. The summed E-state index contributed by atoms with van der Waals surface area (Å²) in [7, 11) is 0. The molecule has 0 aromatic heterocycles. The highest BCUT2D eigenvalue weighted by Gasteiger charge is 2.16. The molecule has 14 heavy (non-hydrogen) atoms. The molecule has 1 N–H and O–H groups in total. The molecular weight excluding hydrogens is 197 g/mol. The number of nitrogens with one attached hydrogen (secondary N) is 1. The van der Waals surface area contributed by atoms with Gasteiger partial charge >= 0.3 is 0 Å². The maximum atomic E-state index is 12.9. The van der Waals surface area contributed by atoms with Crippen molar-refractivity contribution in [3.63, 3.8) is 0 Å². The van der Waals surface area contributed by atoms with Crippen LogP contribution in [0.1, 0.15) is 22.9 Å². The lowest BCUT2D eigenvalue weighted by Gasteiger charge is -2.24. The highest BCUT2D eigenvalue weighted by Crippen LogP contribution is 2.31. The van der Waals surface area contributed by atoms with Gasteiger partial charge in [0.05, 0.1) is 5.37 Å². The van der Waals surface area contributed by atoms with Crippen molar-refractivity contribution in [3.8, 4) is 0 Å². The Bertz CT molecular complexity index is 321. The van der Waals surface area contributed by atoms with Crippen molar-refractivity contribution >= 4 is 11.8 Å². The van der Waals surface area contributed by atoms with Crippen LogP contribution in [0.15, 0.2) is 18.2 Å². The summed E-state index contributed by atoms with van der Waals surface area (Å²) in [6.07, 6.45) is 1.22. The summed E-state index contributed by atoms with van der Waals surface area (Å²) in [5.41, 5.74) is 2.26. The zero-order valence-corrected chi connectivity index (χ0v) is 9.03. The topological polar surface area (TPSA) is 12.0 Å². The Balaban J connectivity index is 2.22. The maximum absolute atomic E-state index is 12.9. The fraction of sp³-hybridized carbons (Fsp3) is 0.455. The Labute approximate surface area is 88.1 Å². The summed E-state index contributed by atoms with van der Waals surface area (Å²) in [5.74, 6) is 1.04. The van der Waals surface area contributed by atoms with Crippen molar-refractivity contribution < 1.29 is 4.39 Å². The molecule has 1 nitrogen and oxygen atoms in total. The van der Waals surface area contributed by atoms with Crippen molar-refractivity contribution in [2.75, 3.05) is 12.3 Å². The smallest absolute Gasteiger partial charge is 0.123 e. The Morgan fingerprint density at radius 1 is 1.50 bits per heavy atom. The number of aryl methyl sites for hydroxylation is 1. The molecule has 1 aliphatic heterocycles. The minimum absolute atomic E-state index is 0.146. The highest BCUT2D eigenvalue weighted by atomic mass is 32.2. The third-order valence-electron chi connectivity index (χ3n) is 2.45. The van der Waals surface area contributed by atoms with Gasteiger partial charge in [-0.05, 0) is 48.9 Å². The van der Waals surface area contributed by atoms with Crippen LogP contribution in [0.5, 0.6) is 0 Å². The molecule has 0 aliphatic carbocycles. The van der Waals surface area contributed by atoms with E-state index in [2.05, 4.69) is 5.32 Å². The lowest BCUT2D eigenvalue weighted by Crippen LogP contribution is -2.25. The normalized spacial score (nSPS) is 22.3. The highest BCUT2D eigenvalue weighted by molar-refractivity contribution is 7.99. The standard InChI is InChI=1S/C11H14FNS/c1-8-7-9(12)3-4-10(8)11-13-5-2-6-14-11/h3-4,7,11,13H,2,5-6H2,1H3. The van der Waals surface area contributed by atoms with E-state index in [1.54, 1.807) is 12.1 Å². The molecule has 1 aromatic rings. The van der Waals surface area contributed by atoms with Crippen LogP contribution in [-0.2, 0) is 0 Å². The molecule has 0 amide bonds. The predicted octanol–water partition coefficient (Wildman–Crippen LogP) is 2.86.